The first-order chi connectivity index (χ1) is 9.79. The predicted molar refractivity (Wildman–Crippen MR) is 86.3 cm³/mol. The van der Waals surface area contributed by atoms with Crippen LogP contribution in [0.4, 0.5) is 0 Å². The number of hydrogen-bond donors (Lipinski definition) is 0. The Labute approximate surface area is 128 Å². The Morgan fingerprint density at radius 1 is 1.00 bits per heavy atom. The fraction of sp³-hybridized carbons (Fsp3) is 0.294. The molecule has 0 saturated heterocycles. The van der Waals surface area contributed by atoms with E-state index in [1.165, 1.54) is 19.6 Å². The van der Waals surface area contributed by atoms with E-state index in [0.717, 1.165) is 13.0 Å². The summed E-state index contributed by atoms with van der Waals surface area (Å²) in [5.74, 6) is 0.608. The molecule has 1 nitrogen and oxygen atoms in total. The van der Waals surface area contributed by atoms with E-state index in [2.05, 4.69) is 62.4 Å². The molecule has 3 rings (SSSR count). The fourth-order valence-electron chi connectivity index (χ4n) is 2.04. The summed E-state index contributed by atoms with van der Waals surface area (Å²) in [7, 11) is 0. The summed E-state index contributed by atoms with van der Waals surface area (Å²) in [6, 6.07) is 17.2. The molecule has 1 aliphatic rings. The lowest BCUT2D eigenvalue weighted by Gasteiger charge is -2.18. The van der Waals surface area contributed by atoms with E-state index >= 15 is 0 Å². The minimum absolute atomic E-state index is 0.238. The highest BCUT2D eigenvalue weighted by atomic mass is 32.2. The van der Waals surface area contributed by atoms with Gasteiger partial charge in [0, 0.05) is 0 Å². The molecular formula is C17H19OS2+. The molecule has 0 aliphatic carbocycles. The fourth-order valence-corrected chi connectivity index (χ4v) is 5.38. The van der Waals surface area contributed by atoms with Crippen LogP contribution in [0.2, 0.25) is 0 Å². The van der Waals surface area contributed by atoms with Crippen molar-refractivity contribution in [2.75, 3.05) is 6.61 Å². The highest BCUT2D eigenvalue weighted by Gasteiger charge is 2.38. The second kappa shape index (κ2) is 6.25. The second-order valence-corrected chi connectivity index (χ2v) is 7.80. The lowest BCUT2D eigenvalue weighted by atomic mass is 10.1. The van der Waals surface area contributed by atoms with Gasteiger partial charge in [0.05, 0.1) is 9.79 Å². The number of fused-ring (bicyclic) bond motifs is 2. The van der Waals surface area contributed by atoms with Gasteiger partial charge in [-0.15, -0.1) is 0 Å². The quantitative estimate of drug-likeness (QED) is 0.721. The Morgan fingerprint density at radius 2 is 1.55 bits per heavy atom. The lowest BCUT2D eigenvalue weighted by Crippen LogP contribution is -2.17. The number of rotatable bonds is 4. The Balaban J connectivity index is 1.95. The molecule has 20 heavy (non-hydrogen) atoms. The summed E-state index contributed by atoms with van der Waals surface area (Å²) in [6.45, 7) is 5.29. The zero-order chi connectivity index (χ0) is 13.9. The summed E-state index contributed by atoms with van der Waals surface area (Å²) in [5.41, 5.74) is 0. The Hall–Kier alpha value is -0.900. The van der Waals surface area contributed by atoms with Crippen LogP contribution in [0.1, 0.15) is 20.3 Å². The smallest absolute Gasteiger partial charge is 0.161 e. The maximum Gasteiger partial charge on any atom is 0.225 e. The molecule has 2 aromatic rings. The Bertz CT molecular complexity index is 552. The Morgan fingerprint density at radius 3 is 2.10 bits per heavy atom. The normalized spacial score (nSPS) is 15.5. The first-order valence-electron chi connectivity index (χ1n) is 7.03. The third-order valence-corrected chi connectivity index (χ3v) is 6.78. The molecule has 2 aromatic carbocycles. The van der Waals surface area contributed by atoms with Crippen molar-refractivity contribution in [2.45, 2.75) is 39.9 Å². The third-order valence-electron chi connectivity index (χ3n) is 3.49. The van der Waals surface area contributed by atoms with Gasteiger partial charge in [0.2, 0.25) is 21.0 Å². The average Bonchev–Trinajstić information content (AvgIpc) is 2.51. The monoisotopic (exact) mass is 303 g/mol. The van der Waals surface area contributed by atoms with Gasteiger partial charge in [0.15, 0.2) is 0 Å². The van der Waals surface area contributed by atoms with E-state index < -0.39 is 0 Å². The topological polar surface area (TPSA) is 9.23 Å². The first-order valence-corrected chi connectivity index (χ1v) is 8.99. The standard InChI is InChI=1S/C17H19OS2/c1-3-13(2)12-18-20-16-10-6-4-8-14(16)19-15-9-5-7-11-17(15)20/h4-11,13H,3,12H2,1-2H3/q+1. The lowest BCUT2D eigenvalue weighted by molar-refractivity contribution is 0.286. The van der Waals surface area contributed by atoms with Gasteiger partial charge in [-0.25, -0.2) is 0 Å². The maximum absolute atomic E-state index is 6.30. The maximum atomic E-state index is 6.30. The molecule has 0 aromatic heterocycles. The molecule has 0 radical (unpaired) electrons. The summed E-state index contributed by atoms with van der Waals surface area (Å²) in [6.07, 6.45) is 1.16. The van der Waals surface area contributed by atoms with E-state index in [1.807, 2.05) is 11.8 Å². The average molecular weight is 303 g/mol. The number of benzene rings is 2. The van der Waals surface area contributed by atoms with E-state index in [9.17, 15) is 0 Å². The molecule has 0 fully saturated rings. The summed E-state index contributed by atoms with van der Waals surface area (Å²) in [5, 5.41) is 0. The van der Waals surface area contributed by atoms with Gasteiger partial charge in [-0.2, -0.15) is 4.18 Å². The van der Waals surface area contributed by atoms with Crippen molar-refractivity contribution >= 4 is 22.9 Å². The zero-order valence-corrected chi connectivity index (χ0v) is 13.5. The van der Waals surface area contributed by atoms with Crippen LogP contribution in [0.3, 0.4) is 0 Å². The largest absolute Gasteiger partial charge is 0.225 e. The predicted octanol–water partition coefficient (Wildman–Crippen LogP) is 5.17. The molecule has 0 N–H and O–H groups in total. The van der Waals surface area contributed by atoms with Crippen LogP contribution in [-0.2, 0) is 15.4 Å². The molecule has 104 valence electrons. The van der Waals surface area contributed by atoms with Crippen LogP contribution in [0.15, 0.2) is 68.1 Å². The SMILES string of the molecule is CCC(C)CO[S+]1c2ccccc2Sc2ccccc21. The van der Waals surface area contributed by atoms with Crippen molar-refractivity contribution in [3.8, 4) is 0 Å². The molecule has 0 bridgehead atoms. The molecule has 1 unspecified atom stereocenters. The van der Waals surface area contributed by atoms with E-state index in [0.29, 0.717) is 5.92 Å². The van der Waals surface area contributed by atoms with Crippen molar-refractivity contribution in [3.05, 3.63) is 48.5 Å². The van der Waals surface area contributed by atoms with Gasteiger partial charge < -0.3 is 0 Å². The van der Waals surface area contributed by atoms with Crippen molar-refractivity contribution < 1.29 is 4.18 Å². The van der Waals surface area contributed by atoms with Gasteiger partial charge >= 0.3 is 0 Å². The van der Waals surface area contributed by atoms with Gasteiger partial charge in [0.1, 0.15) is 6.61 Å². The minimum Gasteiger partial charge on any atom is -0.161 e. The zero-order valence-electron chi connectivity index (χ0n) is 11.8. The molecule has 3 heteroatoms. The van der Waals surface area contributed by atoms with Crippen LogP contribution in [-0.4, -0.2) is 6.61 Å². The second-order valence-electron chi connectivity index (χ2n) is 5.06. The molecular weight excluding hydrogens is 284 g/mol. The summed E-state index contributed by atoms with van der Waals surface area (Å²) >= 11 is 1.62. The van der Waals surface area contributed by atoms with Crippen molar-refractivity contribution in [2.24, 2.45) is 5.92 Å². The molecule has 0 saturated carbocycles. The third kappa shape index (κ3) is 2.76. The van der Waals surface area contributed by atoms with E-state index in [1.54, 1.807) is 0 Å². The van der Waals surface area contributed by atoms with Crippen LogP contribution in [0.25, 0.3) is 0 Å². The van der Waals surface area contributed by atoms with Crippen molar-refractivity contribution in [1.29, 1.82) is 0 Å². The van der Waals surface area contributed by atoms with Crippen LogP contribution >= 0.6 is 11.8 Å². The van der Waals surface area contributed by atoms with E-state index in [4.69, 9.17) is 4.18 Å². The minimum atomic E-state index is -0.238. The van der Waals surface area contributed by atoms with Crippen molar-refractivity contribution in [1.82, 2.24) is 0 Å². The number of hydrogen-bond acceptors (Lipinski definition) is 2. The highest BCUT2D eigenvalue weighted by Crippen LogP contribution is 2.45. The first kappa shape index (κ1) is 14.1. The van der Waals surface area contributed by atoms with Crippen LogP contribution in [0, 0.1) is 5.92 Å². The van der Waals surface area contributed by atoms with Crippen LogP contribution in [0.5, 0.6) is 0 Å². The summed E-state index contributed by atoms with van der Waals surface area (Å²) < 4.78 is 6.30. The van der Waals surface area contributed by atoms with Gasteiger partial charge in [-0.3, -0.25) is 0 Å². The summed E-state index contributed by atoms with van der Waals surface area (Å²) in [4.78, 5) is 5.33. The Kier molecular flexibility index (Phi) is 4.39. The van der Waals surface area contributed by atoms with Gasteiger partial charge in [-0.05, 0) is 30.2 Å². The molecule has 1 aliphatic heterocycles. The van der Waals surface area contributed by atoms with Gasteiger partial charge in [0.25, 0.3) is 0 Å². The molecule has 1 heterocycles. The van der Waals surface area contributed by atoms with Crippen LogP contribution < -0.4 is 0 Å². The molecule has 0 spiro atoms. The van der Waals surface area contributed by atoms with Gasteiger partial charge in [-0.1, -0.05) is 56.3 Å². The molecule has 0 amide bonds. The highest BCUT2D eigenvalue weighted by molar-refractivity contribution is 8.02. The molecule has 1 atom stereocenters. The van der Waals surface area contributed by atoms with Crippen molar-refractivity contribution in [3.63, 3.8) is 0 Å². The van der Waals surface area contributed by atoms with E-state index in [-0.39, 0.29) is 11.2 Å².